The molecule has 1 fully saturated rings. The van der Waals surface area contributed by atoms with Crippen molar-refractivity contribution >= 4 is 5.97 Å². The molecular formula is C16H31NO2. The van der Waals surface area contributed by atoms with E-state index in [0.29, 0.717) is 6.04 Å². The molecule has 1 rings (SSSR count). The number of rotatable bonds is 3. The van der Waals surface area contributed by atoms with Crippen LogP contribution in [0.5, 0.6) is 0 Å². The lowest BCUT2D eigenvalue weighted by molar-refractivity contribution is -0.142. The molecule has 19 heavy (non-hydrogen) atoms. The third-order valence-electron chi connectivity index (χ3n) is 4.14. The number of carboxylic acid groups (broad SMARTS) is 1. The van der Waals surface area contributed by atoms with Crippen molar-refractivity contribution in [3.63, 3.8) is 0 Å². The number of aliphatic carboxylic acids is 1. The van der Waals surface area contributed by atoms with Crippen LogP contribution in [-0.4, -0.2) is 34.1 Å². The highest BCUT2D eigenvalue weighted by molar-refractivity contribution is 5.69. The lowest BCUT2D eigenvalue weighted by atomic mass is 9.63. The number of carbonyl (C=O) groups is 1. The Morgan fingerprint density at radius 3 is 1.89 bits per heavy atom. The normalized spacial score (nSPS) is 23.6. The summed E-state index contributed by atoms with van der Waals surface area (Å²) in [5.41, 5.74) is 0.468. The molecule has 3 heteroatoms. The predicted molar refractivity (Wildman–Crippen MR) is 79.3 cm³/mol. The van der Waals surface area contributed by atoms with Crippen molar-refractivity contribution in [1.29, 1.82) is 0 Å². The predicted octanol–water partition coefficient (Wildman–Crippen LogP) is 3.78. The zero-order valence-electron chi connectivity index (χ0n) is 13.7. The van der Waals surface area contributed by atoms with Gasteiger partial charge in [0, 0.05) is 11.6 Å². The molecule has 0 aromatic heterocycles. The Kier molecular flexibility index (Phi) is 4.41. The molecule has 0 aliphatic heterocycles. The van der Waals surface area contributed by atoms with E-state index in [0.717, 1.165) is 12.8 Å². The summed E-state index contributed by atoms with van der Waals surface area (Å²) < 4.78 is 0. The van der Waals surface area contributed by atoms with E-state index < -0.39 is 5.97 Å². The van der Waals surface area contributed by atoms with Gasteiger partial charge in [0.1, 0.15) is 0 Å². The molecule has 0 heterocycles. The van der Waals surface area contributed by atoms with Crippen LogP contribution >= 0.6 is 0 Å². The molecule has 0 spiro atoms. The molecule has 1 N–H and O–H groups in total. The van der Waals surface area contributed by atoms with E-state index in [1.54, 1.807) is 0 Å². The first-order valence-electron chi connectivity index (χ1n) is 7.31. The fourth-order valence-electron chi connectivity index (χ4n) is 4.07. The maximum absolute atomic E-state index is 11.2. The van der Waals surface area contributed by atoms with Gasteiger partial charge in [-0.1, -0.05) is 27.7 Å². The lowest BCUT2D eigenvalue weighted by Gasteiger charge is -2.51. The highest BCUT2D eigenvalue weighted by atomic mass is 16.4. The van der Waals surface area contributed by atoms with E-state index in [-0.39, 0.29) is 22.9 Å². The molecule has 1 aliphatic rings. The monoisotopic (exact) mass is 269 g/mol. The first-order chi connectivity index (χ1) is 8.32. The fraction of sp³-hybridized carbons (Fsp3) is 0.938. The van der Waals surface area contributed by atoms with Crippen LogP contribution in [0, 0.1) is 10.8 Å². The van der Waals surface area contributed by atoms with Crippen LogP contribution in [0.25, 0.3) is 0 Å². The topological polar surface area (TPSA) is 40.5 Å². The van der Waals surface area contributed by atoms with Crippen LogP contribution in [0.4, 0.5) is 0 Å². The van der Waals surface area contributed by atoms with Gasteiger partial charge in [0.15, 0.2) is 0 Å². The van der Waals surface area contributed by atoms with Crippen molar-refractivity contribution in [2.45, 2.75) is 79.3 Å². The minimum absolute atomic E-state index is 0.105. The Balaban J connectivity index is 2.98. The highest BCUT2D eigenvalue weighted by Gasteiger charge is 2.43. The summed E-state index contributed by atoms with van der Waals surface area (Å²) in [6.07, 6.45) is 3.38. The minimum Gasteiger partial charge on any atom is -0.480 e. The van der Waals surface area contributed by atoms with E-state index in [1.807, 2.05) is 0 Å². The maximum Gasteiger partial charge on any atom is 0.317 e. The standard InChI is InChI=1S/C16H31NO2/c1-14(2,3)17(10-13(18)19)12-8-15(4,5)11-16(6,7)9-12/h12H,8-11H2,1-7H3,(H,18,19). The number of hydrogen-bond donors (Lipinski definition) is 1. The summed E-state index contributed by atoms with van der Waals surface area (Å²) in [5, 5.41) is 9.20. The van der Waals surface area contributed by atoms with Gasteiger partial charge in [0.2, 0.25) is 0 Å². The van der Waals surface area contributed by atoms with Crippen LogP contribution in [0.3, 0.4) is 0 Å². The number of hydrogen-bond acceptors (Lipinski definition) is 2. The second-order valence-electron chi connectivity index (χ2n) is 8.76. The third-order valence-corrected chi connectivity index (χ3v) is 4.14. The molecule has 0 aromatic rings. The molecule has 0 atom stereocenters. The average molecular weight is 269 g/mol. The summed E-state index contributed by atoms with van der Waals surface area (Å²) in [4.78, 5) is 13.4. The van der Waals surface area contributed by atoms with Crippen molar-refractivity contribution in [1.82, 2.24) is 4.90 Å². The summed E-state index contributed by atoms with van der Waals surface area (Å²) in [6, 6.07) is 0.356. The first-order valence-corrected chi connectivity index (χ1v) is 7.31. The van der Waals surface area contributed by atoms with E-state index in [2.05, 4.69) is 53.4 Å². The Hall–Kier alpha value is -0.570. The molecule has 0 bridgehead atoms. The summed E-state index contributed by atoms with van der Waals surface area (Å²) in [5.74, 6) is -0.726. The van der Waals surface area contributed by atoms with Gasteiger partial charge in [-0.3, -0.25) is 9.69 Å². The molecule has 0 unspecified atom stereocenters. The molecule has 0 saturated heterocycles. The maximum atomic E-state index is 11.2. The van der Waals surface area contributed by atoms with Gasteiger partial charge in [-0.15, -0.1) is 0 Å². The number of carboxylic acids is 1. The van der Waals surface area contributed by atoms with E-state index in [4.69, 9.17) is 0 Å². The van der Waals surface area contributed by atoms with Gasteiger partial charge in [0.25, 0.3) is 0 Å². The lowest BCUT2D eigenvalue weighted by Crippen LogP contribution is -2.55. The molecular weight excluding hydrogens is 238 g/mol. The SMILES string of the molecule is CC1(C)CC(N(CC(=O)O)C(C)(C)C)CC(C)(C)C1. The third kappa shape index (κ3) is 4.79. The second-order valence-corrected chi connectivity index (χ2v) is 8.76. The largest absolute Gasteiger partial charge is 0.480 e. The summed E-state index contributed by atoms with van der Waals surface area (Å²) in [7, 11) is 0. The zero-order chi connectivity index (χ0) is 15.1. The molecule has 0 amide bonds. The Morgan fingerprint density at radius 2 is 1.58 bits per heavy atom. The fourth-order valence-corrected chi connectivity index (χ4v) is 4.07. The number of nitrogens with zero attached hydrogens (tertiary/aromatic N) is 1. The molecule has 3 nitrogen and oxygen atoms in total. The van der Waals surface area contributed by atoms with Crippen LogP contribution in [0.1, 0.15) is 67.7 Å². The molecule has 1 saturated carbocycles. The van der Waals surface area contributed by atoms with E-state index in [9.17, 15) is 9.90 Å². The minimum atomic E-state index is -0.726. The smallest absolute Gasteiger partial charge is 0.317 e. The Bertz CT molecular complexity index is 323. The van der Waals surface area contributed by atoms with Gasteiger partial charge < -0.3 is 5.11 Å². The van der Waals surface area contributed by atoms with Gasteiger partial charge in [-0.05, 0) is 50.9 Å². The van der Waals surface area contributed by atoms with Crippen molar-refractivity contribution in [2.75, 3.05) is 6.54 Å². The quantitative estimate of drug-likeness (QED) is 0.847. The van der Waals surface area contributed by atoms with E-state index >= 15 is 0 Å². The molecule has 112 valence electrons. The Morgan fingerprint density at radius 1 is 1.16 bits per heavy atom. The van der Waals surface area contributed by atoms with Crippen LogP contribution < -0.4 is 0 Å². The van der Waals surface area contributed by atoms with Gasteiger partial charge >= 0.3 is 5.97 Å². The van der Waals surface area contributed by atoms with Crippen LogP contribution in [0.15, 0.2) is 0 Å². The van der Waals surface area contributed by atoms with E-state index in [1.165, 1.54) is 6.42 Å². The average Bonchev–Trinajstić information content (AvgIpc) is 2.06. The summed E-state index contributed by atoms with van der Waals surface area (Å²) >= 11 is 0. The van der Waals surface area contributed by atoms with Gasteiger partial charge in [-0.2, -0.15) is 0 Å². The van der Waals surface area contributed by atoms with Gasteiger partial charge in [0.05, 0.1) is 6.54 Å². The summed E-state index contributed by atoms with van der Waals surface area (Å²) in [6.45, 7) is 15.7. The first kappa shape index (κ1) is 16.5. The molecule has 0 radical (unpaired) electrons. The molecule has 1 aliphatic carbocycles. The van der Waals surface area contributed by atoms with Crippen LogP contribution in [0.2, 0.25) is 0 Å². The second kappa shape index (κ2) is 5.08. The van der Waals surface area contributed by atoms with Crippen molar-refractivity contribution < 1.29 is 9.90 Å². The highest BCUT2D eigenvalue weighted by Crippen LogP contribution is 2.48. The van der Waals surface area contributed by atoms with Crippen molar-refractivity contribution in [3.8, 4) is 0 Å². The van der Waals surface area contributed by atoms with Crippen LogP contribution in [-0.2, 0) is 4.79 Å². The zero-order valence-corrected chi connectivity index (χ0v) is 13.7. The van der Waals surface area contributed by atoms with Gasteiger partial charge in [-0.25, -0.2) is 0 Å². The molecule has 0 aromatic carbocycles. The van der Waals surface area contributed by atoms with Crippen molar-refractivity contribution in [3.05, 3.63) is 0 Å². The Labute approximate surface area is 118 Å². The van der Waals surface area contributed by atoms with Crippen molar-refractivity contribution in [2.24, 2.45) is 10.8 Å².